The zero-order chi connectivity index (χ0) is 19.2. The number of aryl methyl sites for hydroxylation is 2. The van der Waals surface area contributed by atoms with E-state index in [1.165, 1.54) is 4.90 Å². The van der Waals surface area contributed by atoms with Gasteiger partial charge in [0.05, 0.1) is 6.04 Å². The normalized spacial score (nSPS) is 12.8. The van der Waals surface area contributed by atoms with Crippen molar-refractivity contribution in [1.29, 1.82) is 0 Å². The highest BCUT2D eigenvalue weighted by Gasteiger charge is 2.29. The molecule has 1 rings (SSSR count). The van der Waals surface area contributed by atoms with Gasteiger partial charge in [0, 0.05) is 13.6 Å². The molecule has 1 atom stereocenters. The third-order valence-electron chi connectivity index (χ3n) is 3.65. The first-order chi connectivity index (χ1) is 11.5. The van der Waals surface area contributed by atoms with Crippen LogP contribution in [-0.2, 0) is 11.3 Å². The highest BCUT2D eigenvalue weighted by atomic mass is 32.2. The lowest BCUT2D eigenvalue weighted by Gasteiger charge is -2.22. The number of rotatable bonds is 8. The van der Waals surface area contributed by atoms with Crippen LogP contribution >= 0.6 is 11.8 Å². The van der Waals surface area contributed by atoms with E-state index in [2.05, 4.69) is 0 Å². The molecule has 8 heteroatoms. The van der Waals surface area contributed by atoms with Crippen molar-refractivity contribution in [2.24, 2.45) is 5.73 Å². The summed E-state index contributed by atoms with van der Waals surface area (Å²) >= 11 is 1.63. The Balaban J connectivity index is 2.78. The average molecular weight is 378 g/mol. The Morgan fingerprint density at radius 3 is 2.36 bits per heavy atom. The highest BCUT2D eigenvalue weighted by Crippen LogP contribution is 2.27. The lowest BCUT2D eigenvalue weighted by molar-refractivity contribution is -0.153. The summed E-state index contributed by atoms with van der Waals surface area (Å²) in [7, 11) is 1.67. The van der Waals surface area contributed by atoms with Gasteiger partial charge in [0.15, 0.2) is 6.61 Å². The fourth-order valence-electron chi connectivity index (χ4n) is 2.52. The maximum Gasteiger partial charge on any atom is 0.422 e. The van der Waals surface area contributed by atoms with Crippen LogP contribution in [0.1, 0.15) is 23.1 Å². The van der Waals surface area contributed by atoms with Gasteiger partial charge in [-0.25, -0.2) is 0 Å². The summed E-state index contributed by atoms with van der Waals surface area (Å²) in [5, 5.41) is 0. The Labute approximate surface area is 150 Å². The highest BCUT2D eigenvalue weighted by molar-refractivity contribution is 7.98. The van der Waals surface area contributed by atoms with Gasteiger partial charge in [-0.05, 0) is 49.0 Å². The van der Waals surface area contributed by atoms with Crippen molar-refractivity contribution in [2.45, 2.75) is 39.0 Å². The van der Waals surface area contributed by atoms with Gasteiger partial charge in [-0.1, -0.05) is 12.1 Å². The van der Waals surface area contributed by atoms with E-state index in [-0.39, 0.29) is 11.7 Å². The van der Waals surface area contributed by atoms with E-state index in [4.69, 9.17) is 10.5 Å². The van der Waals surface area contributed by atoms with Crippen molar-refractivity contribution in [3.63, 3.8) is 0 Å². The molecular formula is C17H25F3N2O2S. The summed E-state index contributed by atoms with van der Waals surface area (Å²) in [6, 6.07) is 2.92. The smallest absolute Gasteiger partial charge is 0.422 e. The fourth-order valence-corrected chi connectivity index (χ4v) is 3.01. The second kappa shape index (κ2) is 9.33. The number of alkyl halides is 3. The van der Waals surface area contributed by atoms with Crippen LogP contribution in [0.15, 0.2) is 12.1 Å². The van der Waals surface area contributed by atoms with Gasteiger partial charge in [0.1, 0.15) is 5.75 Å². The molecule has 142 valence electrons. The van der Waals surface area contributed by atoms with Crippen LogP contribution in [0.3, 0.4) is 0 Å². The zero-order valence-electron chi connectivity index (χ0n) is 14.9. The molecule has 1 aromatic carbocycles. The first-order valence-corrected chi connectivity index (χ1v) is 9.23. The minimum absolute atomic E-state index is 0.151. The summed E-state index contributed by atoms with van der Waals surface area (Å²) in [6.45, 7) is 2.40. The van der Waals surface area contributed by atoms with Crippen molar-refractivity contribution in [3.8, 4) is 5.75 Å². The van der Waals surface area contributed by atoms with E-state index in [0.29, 0.717) is 24.1 Å². The van der Waals surface area contributed by atoms with Crippen LogP contribution in [-0.4, -0.2) is 48.7 Å². The van der Waals surface area contributed by atoms with Crippen LogP contribution in [0, 0.1) is 13.8 Å². The molecule has 25 heavy (non-hydrogen) atoms. The van der Waals surface area contributed by atoms with Gasteiger partial charge in [-0.2, -0.15) is 24.9 Å². The van der Waals surface area contributed by atoms with Crippen molar-refractivity contribution in [3.05, 3.63) is 28.8 Å². The first kappa shape index (κ1) is 21.6. The van der Waals surface area contributed by atoms with Crippen LogP contribution in [0.25, 0.3) is 0 Å². The molecule has 0 aliphatic rings. The number of likely N-dealkylation sites (N-methyl/N-ethyl adjacent to an activating group) is 1. The van der Waals surface area contributed by atoms with Crippen LogP contribution in [0.2, 0.25) is 0 Å². The van der Waals surface area contributed by atoms with Gasteiger partial charge in [0.25, 0.3) is 0 Å². The lowest BCUT2D eigenvalue weighted by atomic mass is 10.0. The zero-order valence-corrected chi connectivity index (χ0v) is 15.8. The van der Waals surface area contributed by atoms with Crippen LogP contribution in [0.4, 0.5) is 13.2 Å². The Hall–Kier alpha value is -1.41. The predicted molar refractivity (Wildman–Crippen MR) is 94.9 cm³/mol. The number of hydrogen-bond donors (Lipinski definition) is 1. The third-order valence-corrected chi connectivity index (χ3v) is 4.29. The molecule has 0 heterocycles. The molecule has 0 aliphatic heterocycles. The average Bonchev–Trinajstić information content (AvgIpc) is 2.49. The molecule has 0 bridgehead atoms. The van der Waals surface area contributed by atoms with E-state index in [1.54, 1.807) is 44.8 Å². The number of hydrogen-bond acceptors (Lipinski definition) is 4. The number of benzene rings is 1. The van der Waals surface area contributed by atoms with Crippen molar-refractivity contribution in [2.75, 3.05) is 25.7 Å². The second-order valence-electron chi connectivity index (χ2n) is 6.04. The topological polar surface area (TPSA) is 55.6 Å². The number of carbonyl (C=O) groups excluding carboxylic acids is 1. The Bertz CT molecular complexity index is 571. The molecule has 2 N–H and O–H groups in total. The van der Waals surface area contributed by atoms with Gasteiger partial charge in [-0.3, -0.25) is 4.79 Å². The van der Waals surface area contributed by atoms with Gasteiger partial charge in [0.2, 0.25) is 5.91 Å². The monoisotopic (exact) mass is 378 g/mol. The second-order valence-corrected chi connectivity index (χ2v) is 7.03. The number of ether oxygens (including phenoxy) is 1. The molecule has 0 unspecified atom stereocenters. The Morgan fingerprint density at radius 2 is 1.88 bits per heavy atom. The predicted octanol–water partition coefficient (Wildman–Crippen LogP) is 3.28. The SMILES string of the molecule is CSCC[C@H](N)C(=O)N(C)Cc1cc(C)c(OCC(F)(F)F)c(C)c1. The van der Waals surface area contributed by atoms with E-state index in [1.807, 2.05) is 6.26 Å². The molecule has 0 spiro atoms. The fraction of sp³-hybridized carbons (Fsp3) is 0.588. The Morgan fingerprint density at radius 1 is 1.32 bits per heavy atom. The van der Waals surface area contributed by atoms with E-state index in [9.17, 15) is 18.0 Å². The maximum absolute atomic E-state index is 12.3. The van der Waals surface area contributed by atoms with Crippen molar-refractivity contribution in [1.82, 2.24) is 4.90 Å². The van der Waals surface area contributed by atoms with Gasteiger partial charge < -0.3 is 15.4 Å². The molecule has 0 fully saturated rings. The van der Waals surface area contributed by atoms with E-state index < -0.39 is 18.8 Å². The number of thioether (sulfide) groups is 1. The number of nitrogens with zero attached hydrogens (tertiary/aromatic N) is 1. The minimum atomic E-state index is -4.38. The summed E-state index contributed by atoms with van der Waals surface area (Å²) in [4.78, 5) is 13.8. The largest absolute Gasteiger partial charge is 0.484 e. The summed E-state index contributed by atoms with van der Waals surface area (Å²) < 4.78 is 41.9. The molecular weight excluding hydrogens is 353 g/mol. The summed E-state index contributed by atoms with van der Waals surface area (Å²) in [5.74, 6) is 0.887. The molecule has 0 aliphatic carbocycles. The summed E-state index contributed by atoms with van der Waals surface area (Å²) in [5.41, 5.74) is 7.92. The Kier molecular flexibility index (Phi) is 8.08. The van der Waals surface area contributed by atoms with Crippen molar-refractivity contribution < 1.29 is 22.7 Å². The molecule has 4 nitrogen and oxygen atoms in total. The standard InChI is InChI=1S/C17H25F3N2O2S/c1-11-7-13(8-12(2)15(11)24-10-17(18,19)20)9-22(3)16(23)14(21)5-6-25-4/h7-8,14H,5-6,9-10,21H2,1-4H3/t14-/m0/s1. The summed E-state index contributed by atoms with van der Waals surface area (Å²) in [6.07, 6.45) is -1.82. The van der Waals surface area contributed by atoms with Crippen LogP contribution in [0.5, 0.6) is 5.75 Å². The van der Waals surface area contributed by atoms with Gasteiger partial charge >= 0.3 is 6.18 Å². The third kappa shape index (κ3) is 7.15. The molecule has 0 aromatic heterocycles. The molecule has 1 aromatic rings. The van der Waals surface area contributed by atoms with E-state index in [0.717, 1.165) is 11.3 Å². The van der Waals surface area contributed by atoms with Crippen LogP contribution < -0.4 is 10.5 Å². The molecule has 1 amide bonds. The molecule has 0 radical (unpaired) electrons. The molecule has 0 saturated carbocycles. The first-order valence-electron chi connectivity index (χ1n) is 7.84. The quantitative estimate of drug-likeness (QED) is 0.754. The van der Waals surface area contributed by atoms with Gasteiger partial charge in [-0.15, -0.1) is 0 Å². The molecule has 0 saturated heterocycles. The van der Waals surface area contributed by atoms with Crippen molar-refractivity contribution >= 4 is 17.7 Å². The number of halogens is 3. The van der Waals surface area contributed by atoms with E-state index >= 15 is 0 Å². The number of amides is 1. The lowest BCUT2D eigenvalue weighted by Crippen LogP contribution is -2.41. The number of carbonyl (C=O) groups is 1. The maximum atomic E-state index is 12.3. The number of nitrogens with two attached hydrogens (primary N) is 1. The minimum Gasteiger partial charge on any atom is -0.484 e.